The lowest BCUT2D eigenvalue weighted by Crippen LogP contribution is -2.38. The first-order valence-corrected chi connectivity index (χ1v) is 6.16. The van der Waals surface area contributed by atoms with Crippen molar-refractivity contribution in [2.24, 2.45) is 0 Å². The Labute approximate surface area is 104 Å². The predicted molar refractivity (Wildman–Crippen MR) is 72.3 cm³/mol. The van der Waals surface area contributed by atoms with Crippen LogP contribution in [0, 0.1) is 13.8 Å². The van der Waals surface area contributed by atoms with Gasteiger partial charge in [0.05, 0.1) is 0 Å². The van der Waals surface area contributed by atoms with Gasteiger partial charge in [0.15, 0.2) is 0 Å². The molecular formula is C14H22N2O. The number of carbonyl (C=O) groups is 1. The second-order valence-electron chi connectivity index (χ2n) is 4.48. The summed E-state index contributed by atoms with van der Waals surface area (Å²) in [5.41, 5.74) is 3.42. The minimum absolute atomic E-state index is 0.0480. The Morgan fingerprint density at radius 3 is 2.65 bits per heavy atom. The first-order chi connectivity index (χ1) is 8.04. The van der Waals surface area contributed by atoms with Crippen LogP contribution in [0.4, 0.5) is 5.69 Å². The molecule has 0 fully saturated rings. The highest BCUT2D eigenvalue weighted by Crippen LogP contribution is 2.16. The maximum atomic E-state index is 11.7. The Kier molecular flexibility index (Phi) is 5.01. The molecule has 0 aliphatic rings. The predicted octanol–water partition coefficient (Wildman–Crippen LogP) is 2.63. The molecule has 0 radical (unpaired) electrons. The van der Waals surface area contributed by atoms with Crippen LogP contribution < -0.4 is 10.6 Å². The van der Waals surface area contributed by atoms with Crippen LogP contribution >= 0.6 is 0 Å². The molecule has 0 aliphatic heterocycles. The van der Waals surface area contributed by atoms with Crippen molar-refractivity contribution in [1.82, 2.24) is 5.32 Å². The molecule has 0 heterocycles. The van der Waals surface area contributed by atoms with Gasteiger partial charge in [0, 0.05) is 12.2 Å². The highest BCUT2D eigenvalue weighted by molar-refractivity contribution is 5.84. The Bertz CT molecular complexity index is 388. The second-order valence-corrected chi connectivity index (χ2v) is 4.48. The number of hydrogen-bond donors (Lipinski definition) is 2. The van der Waals surface area contributed by atoms with E-state index in [0.717, 1.165) is 18.7 Å². The largest absolute Gasteiger partial charge is 0.374 e. The third-order valence-electron chi connectivity index (χ3n) is 2.70. The number of amides is 1. The molecule has 94 valence electrons. The van der Waals surface area contributed by atoms with Crippen molar-refractivity contribution in [3.8, 4) is 0 Å². The minimum atomic E-state index is -0.206. The van der Waals surface area contributed by atoms with E-state index in [1.807, 2.05) is 32.9 Å². The van der Waals surface area contributed by atoms with Crippen molar-refractivity contribution in [2.45, 2.75) is 40.2 Å². The molecule has 17 heavy (non-hydrogen) atoms. The van der Waals surface area contributed by atoms with Crippen LogP contribution in [-0.4, -0.2) is 18.5 Å². The fourth-order valence-corrected chi connectivity index (χ4v) is 1.68. The van der Waals surface area contributed by atoms with E-state index >= 15 is 0 Å². The quantitative estimate of drug-likeness (QED) is 0.822. The van der Waals surface area contributed by atoms with Crippen LogP contribution in [0.15, 0.2) is 18.2 Å². The van der Waals surface area contributed by atoms with Crippen LogP contribution in [0.1, 0.15) is 31.4 Å². The van der Waals surface area contributed by atoms with E-state index in [1.165, 1.54) is 11.1 Å². The lowest BCUT2D eigenvalue weighted by atomic mass is 10.1. The van der Waals surface area contributed by atoms with Crippen molar-refractivity contribution in [2.75, 3.05) is 11.9 Å². The van der Waals surface area contributed by atoms with Gasteiger partial charge in [-0.2, -0.15) is 0 Å². The SMILES string of the molecule is CCCNC(=O)C(C)Nc1ccc(C)cc1C. The van der Waals surface area contributed by atoms with Crippen molar-refractivity contribution < 1.29 is 4.79 Å². The molecular weight excluding hydrogens is 212 g/mol. The van der Waals surface area contributed by atoms with Crippen molar-refractivity contribution >= 4 is 11.6 Å². The summed E-state index contributed by atoms with van der Waals surface area (Å²) in [6.07, 6.45) is 0.960. The van der Waals surface area contributed by atoms with E-state index < -0.39 is 0 Å². The number of aryl methyl sites for hydroxylation is 2. The molecule has 3 nitrogen and oxygen atoms in total. The number of rotatable bonds is 5. The molecule has 0 aliphatic carbocycles. The van der Waals surface area contributed by atoms with Crippen molar-refractivity contribution in [1.29, 1.82) is 0 Å². The number of benzene rings is 1. The third kappa shape index (κ3) is 4.10. The van der Waals surface area contributed by atoms with E-state index in [1.54, 1.807) is 0 Å². The number of nitrogens with one attached hydrogen (secondary N) is 2. The molecule has 1 aromatic rings. The van der Waals surface area contributed by atoms with Gasteiger partial charge in [-0.3, -0.25) is 4.79 Å². The van der Waals surface area contributed by atoms with Gasteiger partial charge in [-0.1, -0.05) is 24.6 Å². The van der Waals surface area contributed by atoms with Crippen molar-refractivity contribution in [3.63, 3.8) is 0 Å². The standard InChI is InChI=1S/C14H22N2O/c1-5-8-15-14(17)12(4)16-13-7-6-10(2)9-11(13)3/h6-7,9,12,16H,5,8H2,1-4H3,(H,15,17). The summed E-state index contributed by atoms with van der Waals surface area (Å²) in [4.78, 5) is 11.7. The minimum Gasteiger partial charge on any atom is -0.374 e. The molecule has 1 rings (SSSR count). The molecule has 1 amide bonds. The normalized spacial score (nSPS) is 12.0. The Balaban J connectivity index is 2.61. The Hall–Kier alpha value is -1.51. The average Bonchev–Trinajstić information content (AvgIpc) is 2.29. The van der Waals surface area contributed by atoms with E-state index in [-0.39, 0.29) is 11.9 Å². The molecule has 1 atom stereocenters. The topological polar surface area (TPSA) is 41.1 Å². The monoisotopic (exact) mass is 234 g/mol. The first-order valence-electron chi connectivity index (χ1n) is 6.16. The maximum absolute atomic E-state index is 11.7. The maximum Gasteiger partial charge on any atom is 0.242 e. The molecule has 0 saturated heterocycles. The van der Waals surface area contributed by atoms with Gasteiger partial charge in [0.2, 0.25) is 5.91 Å². The molecule has 3 heteroatoms. The lowest BCUT2D eigenvalue weighted by Gasteiger charge is -2.17. The van der Waals surface area contributed by atoms with Gasteiger partial charge >= 0.3 is 0 Å². The molecule has 0 aromatic heterocycles. The molecule has 0 saturated carbocycles. The van der Waals surface area contributed by atoms with Gasteiger partial charge < -0.3 is 10.6 Å². The molecule has 2 N–H and O–H groups in total. The van der Waals surface area contributed by atoms with Crippen molar-refractivity contribution in [3.05, 3.63) is 29.3 Å². The Morgan fingerprint density at radius 1 is 1.35 bits per heavy atom. The van der Waals surface area contributed by atoms with Gasteiger partial charge in [0.1, 0.15) is 6.04 Å². The number of hydrogen-bond acceptors (Lipinski definition) is 2. The van der Waals surface area contributed by atoms with E-state index in [9.17, 15) is 4.79 Å². The van der Waals surface area contributed by atoms with Gasteiger partial charge in [-0.25, -0.2) is 0 Å². The van der Waals surface area contributed by atoms with Crippen LogP contribution in [-0.2, 0) is 4.79 Å². The van der Waals surface area contributed by atoms with Crippen LogP contribution in [0.25, 0.3) is 0 Å². The summed E-state index contributed by atoms with van der Waals surface area (Å²) >= 11 is 0. The summed E-state index contributed by atoms with van der Waals surface area (Å²) < 4.78 is 0. The Morgan fingerprint density at radius 2 is 2.06 bits per heavy atom. The van der Waals surface area contributed by atoms with Crippen LogP contribution in [0.5, 0.6) is 0 Å². The second kappa shape index (κ2) is 6.28. The van der Waals surface area contributed by atoms with Crippen LogP contribution in [0.3, 0.4) is 0 Å². The zero-order valence-electron chi connectivity index (χ0n) is 11.1. The summed E-state index contributed by atoms with van der Waals surface area (Å²) in [7, 11) is 0. The van der Waals surface area contributed by atoms with E-state index in [4.69, 9.17) is 0 Å². The first kappa shape index (κ1) is 13.6. The fraction of sp³-hybridized carbons (Fsp3) is 0.500. The molecule has 1 aromatic carbocycles. The summed E-state index contributed by atoms with van der Waals surface area (Å²) in [6, 6.07) is 5.97. The summed E-state index contributed by atoms with van der Waals surface area (Å²) in [6.45, 7) is 8.77. The lowest BCUT2D eigenvalue weighted by molar-refractivity contribution is -0.121. The third-order valence-corrected chi connectivity index (χ3v) is 2.70. The van der Waals surface area contributed by atoms with Gasteiger partial charge in [-0.05, 0) is 38.8 Å². The summed E-state index contributed by atoms with van der Waals surface area (Å²) in [5.74, 6) is 0.0480. The fourth-order valence-electron chi connectivity index (χ4n) is 1.68. The van der Waals surface area contributed by atoms with E-state index in [0.29, 0.717) is 0 Å². The highest BCUT2D eigenvalue weighted by Gasteiger charge is 2.12. The zero-order valence-corrected chi connectivity index (χ0v) is 11.1. The molecule has 1 unspecified atom stereocenters. The molecule has 0 bridgehead atoms. The number of anilines is 1. The zero-order chi connectivity index (χ0) is 12.8. The van der Waals surface area contributed by atoms with Crippen LogP contribution in [0.2, 0.25) is 0 Å². The van der Waals surface area contributed by atoms with Gasteiger partial charge in [0.25, 0.3) is 0 Å². The number of carbonyl (C=O) groups excluding carboxylic acids is 1. The average molecular weight is 234 g/mol. The smallest absolute Gasteiger partial charge is 0.242 e. The van der Waals surface area contributed by atoms with E-state index in [2.05, 4.69) is 23.6 Å². The summed E-state index contributed by atoms with van der Waals surface area (Å²) in [5, 5.41) is 6.12. The molecule has 0 spiro atoms. The highest BCUT2D eigenvalue weighted by atomic mass is 16.2. The van der Waals surface area contributed by atoms with Gasteiger partial charge in [-0.15, -0.1) is 0 Å².